The van der Waals surface area contributed by atoms with Crippen LogP contribution < -0.4 is 5.32 Å². The lowest BCUT2D eigenvalue weighted by molar-refractivity contribution is -0.111. The third-order valence-electron chi connectivity index (χ3n) is 3.81. The van der Waals surface area contributed by atoms with Crippen LogP contribution in [0.5, 0.6) is 0 Å². The molecule has 1 amide bonds. The molecule has 0 bridgehead atoms. The molecule has 0 aliphatic heterocycles. The van der Waals surface area contributed by atoms with Crippen molar-refractivity contribution in [2.24, 2.45) is 0 Å². The SMILES string of the molecule is O=C(/C=C/c1ccccc1)Nc1ccc2nc(-c3ccncc3)oc2c1. The van der Waals surface area contributed by atoms with Crippen LogP contribution in [0.1, 0.15) is 5.56 Å². The molecular formula is C21H15N3O2. The van der Waals surface area contributed by atoms with Crippen molar-refractivity contribution in [3.8, 4) is 11.5 Å². The van der Waals surface area contributed by atoms with E-state index in [0.29, 0.717) is 17.2 Å². The summed E-state index contributed by atoms with van der Waals surface area (Å²) in [6, 6.07) is 18.7. The number of carbonyl (C=O) groups excluding carboxylic acids is 1. The van der Waals surface area contributed by atoms with Gasteiger partial charge in [-0.05, 0) is 35.9 Å². The van der Waals surface area contributed by atoms with Crippen molar-refractivity contribution in [2.45, 2.75) is 0 Å². The second kappa shape index (κ2) is 7.03. The molecule has 2 aromatic carbocycles. The summed E-state index contributed by atoms with van der Waals surface area (Å²) in [5, 5.41) is 2.83. The van der Waals surface area contributed by atoms with E-state index in [1.165, 1.54) is 6.08 Å². The number of hydrogen-bond donors (Lipinski definition) is 1. The molecule has 0 aliphatic rings. The predicted octanol–water partition coefficient (Wildman–Crippen LogP) is 4.54. The number of nitrogens with one attached hydrogen (secondary N) is 1. The molecule has 0 saturated heterocycles. The van der Waals surface area contributed by atoms with Gasteiger partial charge in [0.2, 0.25) is 11.8 Å². The van der Waals surface area contributed by atoms with Crippen LogP contribution in [0.15, 0.2) is 83.6 Å². The molecule has 4 aromatic rings. The maximum atomic E-state index is 12.1. The minimum atomic E-state index is -0.206. The molecule has 1 N–H and O–H groups in total. The standard InChI is InChI=1S/C21H15N3O2/c25-20(9-6-15-4-2-1-3-5-15)23-17-7-8-18-19(14-17)26-21(24-18)16-10-12-22-13-11-16/h1-14H,(H,23,25)/b9-6+. The average Bonchev–Trinajstić information content (AvgIpc) is 3.11. The van der Waals surface area contributed by atoms with Crippen LogP contribution in [-0.2, 0) is 4.79 Å². The Morgan fingerprint density at radius 1 is 1.00 bits per heavy atom. The van der Waals surface area contributed by atoms with Crippen LogP contribution in [-0.4, -0.2) is 15.9 Å². The summed E-state index contributed by atoms with van der Waals surface area (Å²) in [5.74, 6) is 0.317. The van der Waals surface area contributed by atoms with Crippen molar-refractivity contribution < 1.29 is 9.21 Å². The van der Waals surface area contributed by atoms with Crippen molar-refractivity contribution >= 4 is 28.8 Å². The van der Waals surface area contributed by atoms with Crippen molar-refractivity contribution in [2.75, 3.05) is 5.32 Å². The van der Waals surface area contributed by atoms with Gasteiger partial charge in [0.1, 0.15) is 5.52 Å². The lowest BCUT2D eigenvalue weighted by Crippen LogP contribution is -2.07. The van der Waals surface area contributed by atoms with Gasteiger partial charge in [-0.1, -0.05) is 30.3 Å². The lowest BCUT2D eigenvalue weighted by Gasteiger charge is -2.01. The van der Waals surface area contributed by atoms with Gasteiger partial charge in [-0.25, -0.2) is 4.98 Å². The summed E-state index contributed by atoms with van der Waals surface area (Å²) in [6.45, 7) is 0. The molecular weight excluding hydrogens is 326 g/mol. The highest BCUT2D eigenvalue weighted by Crippen LogP contribution is 2.25. The summed E-state index contributed by atoms with van der Waals surface area (Å²) in [6.07, 6.45) is 6.65. The molecule has 2 heterocycles. The van der Waals surface area contributed by atoms with E-state index >= 15 is 0 Å². The van der Waals surface area contributed by atoms with Gasteiger partial charge >= 0.3 is 0 Å². The van der Waals surface area contributed by atoms with E-state index in [-0.39, 0.29) is 5.91 Å². The highest BCUT2D eigenvalue weighted by atomic mass is 16.3. The fraction of sp³-hybridized carbons (Fsp3) is 0. The molecule has 4 rings (SSSR count). The molecule has 0 unspecified atom stereocenters. The van der Waals surface area contributed by atoms with Crippen LogP contribution in [0.4, 0.5) is 5.69 Å². The minimum absolute atomic E-state index is 0.206. The van der Waals surface area contributed by atoms with Crippen LogP contribution in [0.25, 0.3) is 28.6 Å². The number of hydrogen-bond acceptors (Lipinski definition) is 4. The van der Waals surface area contributed by atoms with Crippen molar-refractivity contribution in [1.82, 2.24) is 9.97 Å². The second-order valence-electron chi connectivity index (χ2n) is 5.67. The van der Waals surface area contributed by atoms with Gasteiger partial charge in [-0.2, -0.15) is 0 Å². The molecule has 5 nitrogen and oxygen atoms in total. The number of anilines is 1. The number of aromatic nitrogens is 2. The van der Waals surface area contributed by atoms with E-state index in [0.717, 1.165) is 16.6 Å². The van der Waals surface area contributed by atoms with Crippen molar-refractivity contribution in [1.29, 1.82) is 0 Å². The average molecular weight is 341 g/mol. The highest BCUT2D eigenvalue weighted by molar-refractivity contribution is 6.02. The maximum absolute atomic E-state index is 12.1. The summed E-state index contributed by atoms with van der Waals surface area (Å²) >= 11 is 0. The van der Waals surface area contributed by atoms with E-state index in [1.807, 2.05) is 48.5 Å². The summed E-state index contributed by atoms with van der Waals surface area (Å²) in [5.41, 5.74) is 3.82. The fourth-order valence-corrected chi connectivity index (χ4v) is 2.54. The predicted molar refractivity (Wildman–Crippen MR) is 101 cm³/mol. The van der Waals surface area contributed by atoms with E-state index < -0.39 is 0 Å². The normalized spacial score (nSPS) is 11.1. The molecule has 0 atom stereocenters. The summed E-state index contributed by atoms with van der Waals surface area (Å²) < 4.78 is 5.80. The molecule has 0 radical (unpaired) electrons. The largest absolute Gasteiger partial charge is 0.436 e. The first kappa shape index (κ1) is 15.8. The first-order chi connectivity index (χ1) is 12.8. The third kappa shape index (κ3) is 3.52. The molecule has 0 spiro atoms. The molecule has 0 fully saturated rings. The zero-order chi connectivity index (χ0) is 17.8. The Bertz CT molecular complexity index is 1070. The Kier molecular flexibility index (Phi) is 4.26. The van der Waals surface area contributed by atoms with Gasteiger partial charge in [-0.3, -0.25) is 9.78 Å². The Morgan fingerprint density at radius 2 is 1.81 bits per heavy atom. The van der Waals surface area contributed by atoms with Gasteiger partial charge < -0.3 is 9.73 Å². The Morgan fingerprint density at radius 3 is 2.62 bits per heavy atom. The molecule has 2 aromatic heterocycles. The van der Waals surface area contributed by atoms with Gasteiger partial charge in [0.15, 0.2) is 5.58 Å². The Balaban J connectivity index is 1.52. The van der Waals surface area contributed by atoms with E-state index in [4.69, 9.17) is 4.42 Å². The van der Waals surface area contributed by atoms with Gasteiger partial charge in [0.25, 0.3) is 0 Å². The Labute approximate surface area is 150 Å². The van der Waals surface area contributed by atoms with Gasteiger partial charge in [-0.15, -0.1) is 0 Å². The van der Waals surface area contributed by atoms with Crippen molar-refractivity contribution in [3.05, 3.63) is 84.7 Å². The number of nitrogens with zero attached hydrogens (tertiary/aromatic N) is 2. The second-order valence-corrected chi connectivity index (χ2v) is 5.67. The maximum Gasteiger partial charge on any atom is 0.248 e. The molecule has 126 valence electrons. The zero-order valence-corrected chi connectivity index (χ0v) is 13.8. The quantitative estimate of drug-likeness (QED) is 0.553. The van der Waals surface area contributed by atoms with Crippen LogP contribution in [0.2, 0.25) is 0 Å². The van der Waals surface area contributed by atoms with E-state index in [9.17, 15) is 4.79 Å². The first-order valence-corrected chi connectivity index (χ1v) is 8.13. The molecule has 5 heteroatoms. The summed E-state index contributed by atoms with van der Waals surface area (Å²) in [7, 11) is 0. The van der Waals surface area contributed by atoms with E-state index in [1.54, 1.807) is 30.6 Å². The summed E-state index contributed by atoms with van der Waals surface area (Å²) in [4.78, 5) is 20.5. The van der Waals surface area contributed by atoms with Gasteiger partial charge in [0.05, 0.1) is 0 Å². The minimum Gasteiger partial charge on any atom is -0.436 e. The molecule has 26 heavy (non-hydrogen) atoms. The molecule has 0 saturated carbocycles. The smallest absolute Gasteiger partial charge is 0.248 e. The number of pyridine rings is 1. The van der Waals surface area contributed by atoms with Crippen LogP contribution >= 0.6 is 0 Å². The number of carbonyl (C=O) groups is 1. The fourth-order valence-electron chi connectivity index (χ4n) is 2.54. The number of rotatable bonds is 4. The van der Waals surface area contributed by atoms with Gasteiger partial charge in [0, 0.05) is 35.8 Å². The number of fused-ring (bicyclic) bond motifs is 1. The first-order valence-electron chi connectivity index (χ1n) is 8.13. The topological polar surface area (TPSA) is 68.0 Å². The monoisotopic (exact) mass is 341 g/mol. The van der Waals surface area contributed by atoms with E-state index in [2.05, 4.69) is 15.3 Å². The number of benzene rings is 2. The van der Waals surface area contributed by atoms with Crippen LogP contribution in [0, 0.1) is 0 Å². The lowest BCUT2D eigenvalue weighted by atomic mass is 10.2. The highest BCUT2D eigenvalue weighted by Gasteiger charge is 2.09. The Hall–Kier alpha value is -3.73. The van der Waals surface area contributed by atoms with Crippen molar-refractivity contribution in [3.63, 3.8) is 0 Å². The number of oxazole rings is 1. The zero-order valence-electron chi connectivity index (χ0n) is 13.8. The van der Waals surface area contributed by atoms with Crippen LogP contribution in [0.3, 0.4) is 0 Å². The number of amides is 1. The molecule has 0 aliphatic carbocycles. The third-order valence-corrected chi connectivity index (χ3v) is 3.81.